The molecule has 2 heteroatoms. The molecule has 3 aliphatic rings. The number of thioether (sulfide) groups is 2. The van der Waals surface area contributed by atoms with Gasteiger partial charge in [-0.25, -0.2) is 0 Å². The average molecular weight is 200 g/mol. The van der Waals surface area contributed by atoms with E-state index in [2.05, 4.69) is 37.4 Å². The molecular weight excluding hydrogens is 184 g/mol. The summed E-state index contributed by atoms with van der Waals surface area (Å²) in [7, 11) is 0. The van der Waals surface area contributed by atoms with Crippen LogP contribution >= 0.6 is 23.5 Å². The van der Waals surface area contributed by atoms with Crippen molar-refractivity contribution in [1.82, 2.24) is 0 Å². The summed E-state index contributed by atoms with van der Waals surface area (Å²) in [6.45, 7) is 4.94. The highest BCUT2D eigenvalue weighted by molar-refractivity contribution is 8.05. The molecule has 3 heterocycles. The topological polar surface area (TPSA) is 0 Å². The van der Waals surface area contributed by atoms with Crippen molar-refractivity contribution < 1.29 is 0 Å². The third-order valence-electron chi connectivity index (χ3n) is 4.11. The predicted molar refractivity (Wildman–Crippen MR) is 57.8 cm³/mol. The van der Waals surface area contributed by atoms with E-state index in [1.54, 1.807) is 0 Å². The Hall–Kier alpha value is 0.700. The van der Waals surface area contributed by atoms with Gasteiger partial charge in [-0.1, -0.05) is 13.8 Å². The third kappa shape index (κ3) is 0.836. The molecule has 3 rings (SSSR count). The van der Waals surface area contributed by atoms with Crippen molar-refractivity contribution in [1.29, 1.82) is 0 Å². The van der Waals surface area contributed by atoms with Gasteiger partial charge >= 0.3 is 0 Å². The minimum absolute atomic E-state index is 0.992. The molecule has 0 amide bonds. The molecule has 0 aromatic carbocycles. The zero-order chi connectivity index (χ0) is 8.29. The van der Waals surface area contributed by atoms with Crippen LogP contribution in [0.5, 0.6) is 0 Å². The Kier molecular flexibility index (Phi) is 1.74. The first-order chi connectivity index (χ1) is 5.79. The first-order valence-electron chi connectivity index (χ1n) is 5.06. The summed E-state index contributed by atoms with van der Waals surface area (Å²) in [6, 6.07) is 0. The molecular formula is C10H16S2. The van der Waals surface area contributed by atoms with E-state index in [0.717, 1.165) is 33.5 Å². The van der Waals surface area contributed by atoms with Gasteiger partial charge in [0.1, 0.15) is 0 Å². The molecule has 3 saturated heterocycles. The summed E-state index contributed by atoms with van der Waals surface area (Å²) in [5, 5.41) is 3.10. The summed E-state index contributed by atoms with van der Waals surface area (Å²) in [5.74, 6) is 4.53. The van der Waals surface area contributed by atoms with Crippen LogP contribution in [-0.2, 0) is 0 Å². The molecule has 3 fully saturated rings. The fourth-order valence-electron chi connectivity index (χ4n) is 3.21. The summed E-state index contributed by atoms with van der Waals surface area (Å²) in [5.41, 5.74) is 0. The van der Waals surface area contributed by atoms with Crippen molar-refractivity contribution in [3.63, 3.8) is 0 Å². The standard InChI is InChI=1S/C10H16S2/c1-5-6(2)9-10-7(3-4-11-10)8(5)12-9/h5-10H,3-4H2,1-2H3. The van der Waals surface area contributed by atoms with Crippen LogP contribution in [0.1, 0.15) is 20.3 Å². The van der Waals surface area contributed by atoms with E-state index in [1.165, 1.54) is 12.2 Å². The quantitative estimate of drug-likeness (QED) is 0.590. The van der Waals surface area contributed by atoms with Gasteiger partial charge < -0.3 is 0 Å². The summed E-state index contributed by atoms with van der Waals surface area (Å²) in [6.07, 6.45) is 1.51. The van der Waals surface area contributed by atoms with Crippen LogP contribution in [0.15, 0.2) is 0 Å². The van der Waals surface area contributed by atoms with Crippen molar-refractivity contribution in [2.45, 2.75) is 36.0 Å². The van der Waals surface area contributed by atoms with Crippen LogP contribution < -0.4 is 0 Å². The van der Waals surface area contributed by atoms with Crippen LogP contribution in [-0.4, -0.2) is 21.5 Å². The van der Waals surface area contributed by atoms with Gasteiger partial charge in [0.25, 0.3) is 0 Å². The molecule has 0 aromatic heterocycles. The first kappa shape index (κ1) is 8.05. The van der Waals surface area contributed by atoms with Gasteiger partial charge in [-0.2, -0.15) is 23.5 Å². The summed E-state index contributed by atoms with van der Waals surface area (Å²) in [4.78, 5) is 0. The van der Waals surface area contributed by atoms with Crippen molar-refractivity contribution in [3.8, 4) is 0 Å². The van der Waals surface area contributed by atoms with Gasteiger partial charge in [0.15, 0.2) is 0 Å². The summed E-state index contributed by atoms with van der Waals surface area (Å²) < 4.78 is 0. The van der Waals surface area contributed by atoms with Gasteiger partial charge in [-0.05, 0) is 29.9 Å². The van der Waals surface area contributed by atoms with Crippen LogP contribution in [0.3, 0.4) is 0 Å². The number of fused-ring (bicyclic) bond motifs is 5. The highest BCUT2D eigenvalue weighted by atomic mass is 32.2. The van der Waals surface area contributed by atoms with Crippen LogP contribution in [0.4, 0.5) is 0 Å². The molecule has 0 nitrogen and oxygen atoms in total. The molecule has 3 aliphatic heterocycles. The molecule has 0 radical (unpaired) electrons. The average Bonchev–Trinajstić information content (AvgIpc) is 2.63. The maximum atomic E-state index is 2.47. The third-order valence-corrected chi connectivity index (χ3v) is 7.91. The molecule has 0 spiro atoms. The van der Waals surface area contributed by atoms with Crippen LogP contribution in [0.25, 0.3) is 0 Å². The maximum Gasteiger partial charge on any atom is 0.0208 e. The lowest BCUT2D eigenvalue weighted by atomic mass is 9.75. The van der Waals surface area contributed by atoms with Gasteiger partial charge in [0.2, 0.25) is 0 Å². The molecule has 2 bridgehead atoms. The van der Waals surface area contributed by atoms with Crippen LogP contribution in [0.2, 0.25) is 0 Å². The predicted octanol–water partition coefficient (Wildman–Crippen LogP) is 2.88. The normalized spacial score (nSPS) is 62.5. The molecule has 0 N–H and O–H groups in total. The first-order valence-corrected chi connectivity index (χ1v) is 7.05. The van der Waals surface area contributed by atoms with Gasteiger partial charge in [-0.15, -0.1) is 0 Å². The minimum Gasteiger partial charge on any atom is -0.157 e. The Bertz CT molecular complexity index is 184. The number of rotatable bonds is 0. The molecule has 6 atom stereocenters. The molecule has 0 aromatic rings. The summed E-state index contributed by atoms with van der Waals surface area (Å²) >= 11 is 4.58. The highest BCUT2D eigenvalue weighted by Gasteiger charge is 2.57. The van der Waals surface area contributed by atoms with Gasteiger partial charge in [-0.3, -0.25) is 0 Å². The zero-order valence-electron chi connectivity index (χ0n) is 7.69. The Morgan fingerprint density at radius 1 is 1.00 bits per heavy atom. The monoisotopic (exact) mass is 200 g/mol. The Balaban J connectivity index is 1.92. The van der Waals surface area contributed by atoms with E-state index in [0.29, 0.717) is 0 Å². The van der Waals surface area contributed by atoms with Gasteiger partial charge in [0.05, 0.1) is 0 Å². The molecule has 6 unspecified atom stereocenters. The lowest BCUT2D eigenvalue weighted by Gasteiger charge is -2.32. The Morgan fingerprint density at radius 3 is 2.58 bits per heavy atom. The molecule has 68 valence electrons. The second kappa shape index (κ2) is 2.60. The number of hydrogen-bond acceptors (Lipinski definition) is 2. The fraction of sp³-hybridized carbons (Fsp3) is 1.00. The molecule has 0 saturated carbocycles. The highest BCUT2D eigenvalue weighted by Crippen LogP contribution is 2.62. The Morgan fingerprint density at radius 2 is 1.75 bits per heavy atom. The Labute approximate surface area is 83.3 Å². The second-order valence-electron chi connectivity index (χ2n) is 4.57. The smallest absolute Gasteiger partial charge is 0.0208 e. The second-order valence-corrected chi connectivity index (χ2v) is 7.22. The van der Waals surface area contributed by atoms with Crippen molar-refractivity contribution in [2.24, 2.45) is 17.8 Å². The molecule has 0 aliphatic carbocycles. The zero-order valence-corrected chi connectivity index (χ0v) is 9.33. The van der Waals surface area contributed by atoms with E-state index < -0.39 is 0 Å². The van der Waals surface area contributed by atoms with E-state index in [1.807, 2.05) is 0 Å². The lowest BCUT2D eigenvalue weighted by Crippen LogP contribution is -2.36. The SMILES string of the molecule is CC1C(C)C2SC1C1CCSC12. The van der Waals surface area contributed by atoms with Crippen LogP contribution in [0, 0.1) is 17.8 Å². The van der Waals surface area contributed by atoms with E-state index in [9.17, 15) is 0 Å². The van der Waals surface area contributed by atoms with Gasteiger partial charge in [0, 0.05) is 15.7 Å². The van der Waals surface area contributed by atoms with Crippen molar-refractivity contribution in [3.05, 3.63) is 0 Å². The minimum atomic E-state index is 0.992. The maximum absolute atomic E-state index is 2.47. The van der Waals surface area contributed by atoms with E-state index in [4.69, 9.17) is 0 Å². The fourth-order valence-corrected chi connectivity index (χ4v) is 7.63. The number of hydrogen-bond donors (Lipinski definition) is 0. The van der Waals surface area contributed by atoms with E-state index in [-0.39, 0.29) is 0 Å². The molecule has 12 heavy (non-hydrogen) atoms. The largest absolute Gasteiger partial charge is 0.157 e. The van der Waals surface area contributed by atoms with Crippen molar-refractivity contribution in [2.75, 3.05) is 5.75 Å². The lowest BCUT2D eigenvalue weighted by molar-refractivity contribution is 0.272. The van der Waals surface area contributed by atoms with E-state index >= 15 is 0 Å². The van der Waals surface area contributed by atoms with Crippen molar-refractivity contribution >= 4 is 23.5 Å².